The predicted molar refractivity (Wildman–Crippen MR) is 111 cm³/mol. The summed E-state index contributed by atoms with van der Waals surface area (Å²) in [5.41, 5.74) is 1.43. The van der Waals surface area contributed by atoms with Crippen molar-refractivity contribution in [2.45, 2.75) is 18.2 Å². The normalized spacial score (nSPS) is 21.0. The van der Waals surface area contributed by atoms with Gasteiger partial charge < -0.3 is 10.1 Å². The molecule has 0 radical (unpaired) electrons. The molecule has 2 aromatic rings. The quantitative estimate of drug-likeness (QED) is 0.744. The first-order valence-electron chi connectivity index (χ1n) is 8.48. The third-order valence-electron chi connectivity index (χ3n) is 4.74. The number of imide groups is 1. The molecule has 29 heavy (non-hydrogen) atoms. The lowest BCUT2D eigenvalue weighted by Crippen LogP contribution is -2.60. The smallest absolute Gasteiger partial charge is 0.329 e. The molecule has 2 unspecified atom stereocenters. The van der Waals surface area contributed by atoms with E-state index < -0.39 is 29.0 Å². The van der Waals surface area contributed by atoms with E-state index in [1.807, 2.05) is 0 Å². The molecule has 2 aliphatic rings. The molecule has 10 heteroatoms. The molecule has 3 amide bonds. The second kappa shape index (κ2) is 7.51. The van der Waals surface area contributed by atoms with Crippen LogP contribution in [0.25, 0.3) is 4.91 Å². The largest absolute Gasteiger partial charge is 0.494 e. The monoisotopic (exact) mass is 453 g/mol. The highest BCUT2D eigenvalue weighted by Crippen LogP contribution is 2.45. The highest BCUT2D eigenvalue weighted by molar-refractivity contribution is 8.09. The number of benzene rings is 1. The van der Waals surface area contributed by atoms with Crippen molar-refractivity contribution in [3.8, 4) is 5.75 Å². The van der Waals surface area contributed by atoms with Crippen LogP contribution in [0.2, 0.25) is 10.0 Å². The SMILES string of the molecule is COc1cc(C2=CC3NC(=O)N(c4cncc(Cl)c4C)C(=O)C3S2)c(Cl)cc1F. The molecular weight excluding hydrogens is 440 g/mol. The van der Waals surface area contributed by atoms with E-state index in [1.165, 1.54) is 37.3 Å². The highest BCUT2D eigenvalue weighted by Gasteiger charge is 2.46. The van der Waals surface area contributed by atoms with E-state index in [4.69, 9.17) is 27.9 Å². The number of fused-ring (bicyclic) bond motifs is 1. The van der Waals surface area contributed by atoms with Gasteiger partial charge in [0.05, 0.1) is 35.1 Å². The Bertz CT molecular complexity index is 1080. The van der Waals surface area contributed by atoms with Crippen LogP contribution in [0.5, 0.6) is 5.75 Å². The molecule has 3 heterocycles. The summed E-state index contributed by atoms with van der Waals surface area (Å²) < 4.78 is 18.9. The van der Waals surface area contributed by atoms with Gasteiger partial charge in [0.25, 0.3) is 5.91 Å². The standard InChI is InChI=1S/C19H14Cl2FN3O3S/c1-8-11(21)6-23-7-14(8)25-18(26)17-13(24-19(25)27)5-16(29-17)9-3-15(28-2)12(22)4-10(9)20/h3-7,13,17H,1-2H3,(H,24,27). The van der Waals surface area contributed by atoms with Crippen LogP contribution in [0.15, 0.2) is 30.6 Å². The summed E-state index contributed by atoms with van der Waals surface area (Å²) in [6.45, 7) is 1.71. The Kier molecular flexibility index (Phi) is 5.18. The zero-order valence-corrected chi connectivity index (χ0v) is 17.5. The molecule has 1 saturated heterocycles. The van der Waals surface area contributed by atoms with Gasteiger partial charge in [-0.1, -0.05) is 23.2 Å². The van der Waals surface area contributed by atoms with Crippen molar-refractivity contribution in [3.05, 3.63) is 57.6 Å². The molecule has 1 fully saturated rings. The molecule has 2 aliphatic heterocycles. The van der Waals surface area contributed by atoms with Crippen LogP contribution in [-0.4, -0.2) is 35.3 Å². The van der Waals surface area contributed by atoms with Crippen molar-refractivity contribution >= 4 is 57.5 Å². The van der Waals surface area contributed by atoms with E-state index in [2.05, 4.69) is 10.3 Å². The van der Waals surface area contributed by atoms with Crippen LogP contribution < -0.4 is 15.0 Å². The second-order valence-electron chi connectivity index (χ2n) is 6.45. The van der Waals surface area contributed by atoms with E-state index in [0.29, 0.717) is 26.7 Å². The van der Waals surface area contributed by atoms with Crippen LogP contribution in [-0.2, 0) is 4.79 Å². The Hall–Kier alpha value is -2.29. The van der Waals surface area contributed by atoms with Gasteiger partial charge in [0, 0.05) is 16.7 Å². The van der Waals surface area contributed by atoms with E-state index in [9.17, 15) is 14.0 Å². The summed E-state index contributed by atoms with van der Waals surface area (Å²) in [7, 11) is 1.36. The lowest BCUT2D eigenvalue weighted by molar-refractivity contribution is -0.118. The van der Waals surface area contributed by atoms with Gasteiger partial charge in [0.2, 0.25) is 0 Å². The number of urea groups is 1. The third kappa shape index (κ3) is 3.35. The van der Waals surface area contributed by atoms with Gasteiger partial charge in [0.15, 0.2) is 11.6 Å². The fraction of sp³-hybridized carbons (Fsp3) is 0.211. The Morgan fingerprint density at radius 1 is 1.24 bits per heavy atom. The fourth-order valence-corrected chi connectivity index (χ4v) is 4.98. The van der Waals surface area contributed by atoms with Gasteiger partial charge in [-0.15, -0.1) is 11.8 Å². The zero-order chi connectivity index (χ0) is 20.9. The Balaban J connectivity index is 1.67. The predicted octanol–water partition coefficient (Wildman–Crippen LogP) is 4.43. The molecule has 6 nitrogen and oxygen atoms in total. The summed E-state index contributed by atoms with van der Waals surface area (Å²) in [5, 5.41) is 2.75. The summed E-state index contributed by atoms with van der Waals surface area (Å²) in [6, 6.07) is 1.55. The number of ether oxygens (including phenoxy) is 1. The van der Waals surface area contributed by atoms with Crippen molar-refractivity contribution in [1.82, 2.24) is 10.3 Å². The Labute approximate surface area is 180 Å². The fourth-order valence-electron chi connectivity index (χ4n) is 3.23. The summed E-state index contributed by atoms with van der Waals surface area (Å²) in [6.07, 6.45) is 4.61. The van der Waals surface area contributed by atoms with Crippen LogP contribution in [0.4, 0.5) is 14.9 Å². The molecule has 0 aliphatic carbocycles. The summed E-state index contributed by atoms with van der Waals surface area (Å²) in [4.78, 5) is 31.5. The van der Waals surface area contributed by atoms with E-state index in [0.717, 1.165) is 11.0 Å². The number of amides is 3. The lowest BCUT2D eigenvalue weighted by atomic mass is 10.1. The van der Waals surface area contributed by atoms with Gasteiger partial charge in [-0.25, -0.2) is 14.1 Å². The molecule has 0 bridgehead atoms. The van der Waals surface area contributed by atoms with E-state index in [-0.39, 0.29) is 10.8 Å². The first-order chi connectivity index (χ1) is 13.8. The van der Waals surface area contributed by atoms with Gasteiger partial charge in [0.1, 0.15) is 5.25 Å². The maximum atomic E-state index is 13.9. The van der Waals surface area contributed by atoms with Crippen LogP contribution in [0.3, 0.4) is 0 Å². The number of thioether (sulfide) groups is 1. The Morgan fingerprint density at radius 2 is 2.00 bits per heavy atom. The van der Waals surface area contributed by atoms with Crippen LogP contribution in [0, 0.1) is 12.7 Å². The van der Waals surface area contributed by atoms with Crippen molar-refractivity contribution in [2.75, 3.05) is 12.0 Å². The lowest BCUT2D eigenvalue weighted by Gasteiger charge is -2.33. The number of rotatable bonds is 3. The van der Waals surface area contributed by atoms with Crippen LogP contribution >= 0.6 is 35.0 Å². The minimum Gasteiger partial charge on any atom is -0.494 e. The van der Waals surface area contributed by atoms with E-state index in [1.54, 1.807) is 13.0 Å². The molecule has 1 aromatic heterocycles. The maximum absolute atomic E-state index is 13.9. The molecular formula is C19H14Cl2FN3O3S. The number of hydrogen-bond donors (Lipinski definition) is 1. The average molecular weight is 454 g/mol. The second-order valence-corrected chi connectivity index (χ2v) is 8.45. The van der Waals surface area contributed by atoms with Crippen molar-refractivity contribution in [3.63, 3.8) is 0 Å². The number of aromatic nitrogens is 1. The number of nitrogens with one attached hydrogen (secondary N) is 1. The summed E-state index contributed by atoms with van der Waals surface area (Å²) >= 11 is 13.6. The minimum atomic E-state index is -0.604. The summed E-state index contributed by atoms with van der Waals surface area (Å²) in [5.74, 6) is -0.937. The van der Waals surface area contributed by atoms with Gasteiger partial charge in [-0.3, -0.25) is 9.78 Å². The third-order valence-corrected chi connectivity index (χ3v) is 6.80. The van der Waals surface area contributed by atoms with Crippen molar-refractivity contribution in [2.24, 2.45) is 0 Å². The molecule has 0 saturated carbocycles. The molecule has 1 aromatic carbocycles. The number of carbonyl (C=O) groups excluding carboxylic acids is 2. The number of pyridine rings is 1. The molecule has 150 valence electrons. The first kappa shape index (κ1) is 20.0. The first-order valence-corrected chi connectivity index (χ1v) is 10.1. The minimum absolute atomic E-state index is 0.0402. The molecule has 0 spiro atoms. The van der Waals surface area contributed by atoms with Crippen molar-refractivity contribution in [1.29, 1.82) is 0 Å². The number of hydrogen-bond acceptors (Lipinski definition) is 5. The van der Waals surface area contributed by atoms with Gasteiger partial charge in [-0.05, 0) is 30.7 Å². The number of nitrogens with zero attached hydrogens (tertiary/aromatic N) is 2. The number of anilines is 1. The average Bonchev–Trinajstić information content (AvgIpc) is 3.09. The van der Waals surface area contributed by atoms with Crippen LogP contribution in [0.1, 0.15) is 11.1 Å². The maximum Gasteiger partial charge on any atom is 0.329 e. The van der Waals surface area contributed by atoms with E-state index >= 15 is 0 Å². The van der Waals surface area contributed by atoms with Gasteiger partial charge in [-0.2, -0.15) is 0 Å². The topological polar surface area (TPSA) is 71.5 Å². The molecule has 1 N–H and O–H groups in total. The Morgan fingerprint density at radius 3 is 2.72 bits per heavy atom. The molecule has 2 atom stereocenters. The zero-order valence-electron chi connectivity index (χ0n) is 15.2. The number of halogens is 3. The highest BCUT2D eigenvalue weighted by atomic mass is 35.5. The number of methoxy groups -OCH3 is 1. The van der Waals surface area contributed by atoms with Crippen molar-refractivity contribution < 1.29 is 18.7 Å². The molecule has 4 rings (SSSR count). The number of carbonyl (C=O) groups is 2. The van der Waals surface area contributed by atoms with Gasteiger partial charge >= 0.3 is 6.03 Å².